The van der Waals surface area contributed by atoms with Gasteiger partial charge in [0.25, 0.3) is 0 Å². The fraction of sp³-hybridized carbons (Fsp3) is 0.462. The second-order valence-corrected chi connectivity index (χ2v) is 5.15. The molecule has 0 aliphatic heterocycles. The number of rotatable bonds is 6. The van der Waals surface area contributed by atoms with E-state index in [4.69, 9.17) is 4.74 Å². The lowest BCUT2D eigenvalue weighted by atomic mass is 10.1. The van der Waals surface area contributed by atoms with Gasteiger partial charge in [0.15, 0.2) is 6.29 Å². The van der Waals surface area contributed by atoms with E-state index in [0.29, 0.717) is 12.6 Å². The second-order valence-electron chi connectivity index (χ2n) is 4.24. The minimum atomic E-state index is 0.568. The van der Waals surface area contributed by atoms with Gasteiger partial charge in [-0.05, 0) is 31.0 Å². The van der Waals surface area contributed by atoms with E-state index in [9.17, 15) is 4.79 Å². The normalized spacial score (nSPS) is 14.7. The van der Waals surface area contributed by atoms with Gasteiger partial charge in [-0.15, -0.1) is 0 Å². The summed E-state index contributed by atoms with van der Waals surface area (Å²) < 4.78 is 6.13. The van der Waals surface area contributed by atoms with Crippen molar-refractivity contribution in [2.24, 2.45) is 0 Å². The van der Waals surface area contributed by atoms with Crippen molar-refractivity contribution in [3.8, 4) is 0 Å². The van der Waals surface area contributed by atoms with Crippen molar-refractivity contribution in [1.82, 2.24) is 0 Å². The quantitative estimate of drug-likeness (QED) is 0.756. The number of carbonyl (C=O) groups is 1. The Kier molecular flexibility index (Phi) is 4.18. The highest BCUT2D eigenvalue weighted by atomic mass is 79.9. The molecule has 1 aromatic rings. The smallest absolute Gasteiger partial charge is 0.152 e. The molecular formula is C13H16BrNO2. The Balaban J connectivity index is 2.26. The molecule has 1 aliphatic rings. The van der Waals surface area contributed by atoms with Gasteiger partial charge in [0.1, 0.15) is 0 Å². The third kappa shape index (κ3) is 3.07. The van der Waals surface area contributed by atoms with Crippen molar-refractivity contribution in [3.05, 3.63) is 28.2 Å². The van der Waals surface area contributed by atoms with Gasteiger partial charge in [-0.2, -0.15) is 0 Å². The predicted octanol–water partition coefficient (Wildman–Crippen LogP) is 2.88. The molecule has 3 nitrogen and oxygen atoms in total. The zero-order valence-electron chi connectivity index (χ0n) is 9.86. The van der Waals surface area contributed by atoms with Gasteiger partial charge in [-0.1, -0.05) is 15.9 Å². The molecule has 0 aromatic heterocycles. The molecule has 0 amide bonds. The highest BCUT2D eigenvalue weighted by Crippen LogP contribution is 2.34. The predicted molar refractivity (Wildman–Crippen MR) is 71.8 cm³/mol. The van der Waals surface area contributed by atoms with E-state index in [1.807, 2.05) is 18.2 Å². The minimum Gasteiger partial charge on any atom is -0.383 e. The summed E-state index contributed by atoms with van der Waals surface area (Å²) >= 11 is 3.46. The molecule has 1 aromatic carbocycles. The maximum Gasteiger partial charge on any atom is 0.152 e. The van der Waals surface area contributed by atoms with Gasteiger partial charge < -0.3 is 9.64 Å². The van der Waals surface area contributed by atoms with Gasteiger partial charge in [-0.25, -0.2) is 0 Å². The van der Waals surface area contributed by atoms with E-state index in [-0.39, 0.29) is 0 Å². The van der Waals surface area contributed by atoms with Crippen molar-refractivity contribution in [3.63, 3.8) is 0 Å². The summed E-state index contributed by atoms with van der Waals surface area (Å²) in [7, 11) is 1.70. The number of ether oxygens (including phenoxy) is 1. The number of benzene rings is 1. The maximum atomic E-state index is 11.1. The van der Waals surface area contributed by atoms with Gasteiger partial charge in [-0.3, -0.25) is 4.79 Å². The van der Waals surface area contributed by atoms with E-state index in [1.54, 1.807) is 7.11 Å². The van der Waals surface area contributed by atoms with Crippen LogP contribution in [0, 0.1) is 0 Å². The Morgan fingerprint density at radius 3 is 2.88 bits per heavy atom. The molecule has 0 unspecified atom stereocenters. The summed E-state index contributed by atoms with van der Waals surface area (Å²) in [6, 6.07) is 6.33. The molecule has 0 bridgehead atoms. The molecule has 0 atom stereocenters. The largest absolute Gasteiger partial charge is 0.383 e. The third-order valence-electron chi connectivity index (χ3n) is 2.95. The topological polar surface area (TPSA) is 29.5 Å². The third-order valence-corrected chi connectivity index (χ3v) is 3.45. The van der Waals surface area contributed by atoms with Crippen molar-refractivity contribution >= 4 is 27.9 Å². The van der Waals surface area contributed by atoms with E-state index in [2.05, 4.69) is 20.8 Å². The first-order chi connectivity index (χ1) is 8.26. The van der Waals surface area contributed by atoms with Crippen LogP contribution in [-0.2, 0) is 4.74 Å². The van der Waals surface area contributed by atoms with Crippen LogP contribution < -0.4 is 4.90 Å². The number of nitrogens with zero attached hydrogens (tertiary/aromatic N) is 1. The van der Waals surface area contributed by atoms with Crippen LogP contribution in [0.4, 0.5) is 5.69 Å². The molecule has 0 spiro atoms. The average molecular weight is 298 g/mol. The lowest BCUT2D eigenvalue weighted by Gasteiger charge is -2.25. The fourth-order valence-corrected chi connectivity index (χ4v) is 2.29. The van der Waals surface area contributed by atoms with Gasteiger partial charge in [0.05, 0.1) is 6.61 Å². The number of methoxy groups -OCH3 is 1. The highest BCUT2D eigenvalue weighted by Gasteiger charge is 2.30. The van der Waals surface area contributed by atoms with E-state index in [0.717, 1.165) is 28.6 Å². The Bertz CT molecular complexity index is 404. The first kappa shape index (κ1) is 12.6. The summed E-state index contributed by atoms with van der Waals surface area (Å²) in [5.41, 5.74) is 1.75. The lowest BCUT2D eigenvalue weighted by molar-refractivity contribution is 0.112. The minimum absolute atomic E-state index is 0.568. The van der Waals surface area contributed by atoms with Crippen LogP contribution in [0.15, 0.2) is 22.7 Å². The van der Waals surface area contributed by atoms with Gasteiger partial charge in [0, 0.05) is 35.4 Å². The first-order valence-corrected chi connectivity index (χ1v) is 6.56. The number of halogens is 1. The van der Waals surface area contributed by atoms with Crippen LogP contribution in [0.1, 0.15) is 23.2 Å². The molecule has 1 fully saturated rings. The molecule has 4 heteroatoms. The van der Waals surface area contributed by atoms with Crippen LogP contribution in [0.2, 0.25) is 0 Å². The molecule has 0 N–H and O–H groups in total. The molecule has 92 valence electrons. The molecule has 0 saturated heterocycles. The Morgan fingerprint density at radius 1 is 1.53 bits per heavy atom. The van der Waals surface area contributed by atoms with E-state index in [1.165, 1.54) is 12.8 Å². The highest BCUT2D eigenvalue weighted by molar-refractivity contribution is 9.10. The van der Waals surface area contributed by atoms with Crippen molar-refractivity contribution in [2.75, 3.05) is 25.2 Å². The fourth-order valence-electron chi connectivity index (χ4n) is 1.94. The van der Waals surface area contributed by atoms with Crippen LogP contribution in [0.25, 0.3) is 0 Å². The summed E-state index contributed by atoms with van der Waals surface area (Å²) in [4.78, 5) is 13.4. The standard InChI is InChI=1S/C13H16BrNO2/c1-17-7-6-15(12-4-5-12)13-8-11(14)3-2-10(13)9-16/h2-3,8-9,12H,4-7H2,1H3. The molecule has 0 heterocycles. The molecule has 1 aliphatic carbocycles. The van der Waals surface area contributed by atoms with E-state index >= 15 is 0 Å². The SMILES string of the molecule is COCCN(c1cc(Br)ccc1C=O)C1CC1. The van der Waals surface area contributed by atoms with Crippen LogP contribution in [-0.4, -0.2) is 32.6 Å². The average Bonchev–Trinajstić information content (AvgIpc) is 3.14. The number of hydrogen-bond donors (Lipinski definition) is 0. The summed E-state index contributed by atoms with van der Waals surface area (Å²) in [5.74, 6) is 0. The second kappa shape index (κ2) is 5.65. The van der Waals surface area contributed by atoms with Crippen LogP contribution in [0.3, 0.4) is 0 Å². The number of carbonyl (C=O) groups excluding carboxylic acids is 1. The lowest BCUT2D eigenvalue weighted by Crippen LogP contribution is -2.30. The summed E-state index contributed by atoms with van der Waals surface area (Å²) in [6.45, 7) is 1.51. The molecule has 1 saturated carbocycles. The zero-order chi connectivity index (χ0) is 12.3. The van der Waals surface area contributed by atoms with Crippen molar-refractivity contribution < 1.29 is 9.53 Å². The maximum absolute atomic E-state index is 11.1. The molecular weight excluding hydrogens is 282 g/mol. The molecule has 2 rings (SSSR count). The summed E-state index contributed by atoms with van der Waals surface area (Å²) in [6.07, 6.45) is 3.33. The Labute approximate surface area is 110 Å². The van der Waals surface area contributed by atoms with Gasteiger partial charge in [0.2, 0.25) is 0 Å². The Hall–Kier alpha value is -0.870. The van der Waals surface area contributed by atoms with Crippen molar-refractivity contribution in [2.45, 2.75) is 18.9 Å². The van der Waals surface area contributed by atoms with Gasteiger partial charge >= 0.3 is 0 Å². The number of anilines is 1. The Morgan fingerprint density at radius 2 is 2.29 bits per heavy atom. The zero-order valence-corrected chi connectivity index (χ0v) is 11.4. The van der Waals surface area contributed by atoms with E-state index < -0.39 is 0 Å². The summed E-state index contributed by atoms with van der Waals surface area (Å²) in [5, 5.41) is 0. The van der Waals surface area contributed by atoms with Crippen LogP contribution >= 0.6 is 15.9 Å². The monoisotopic (exact) mass is 297 g/mol. The molecule has 17 heavy (non-hydrogen) atoms. The number of aldehydes is 1. The number of hydrogen-bond acceptors (Lipinski definition) is 3. The molecule has 0 radical (unpaired) electrons. The van der Waals surface area contributed by atoms with Crippen molar-refractivity contribution in [1.29, 1.82) is 0 Å². The first-order valence-electron chi connectivity index (χ1n) is 5.76. The van der Waals surface area contributed by atoms with Crippen LogP contribution in [0.5, 0.6) is 0 Å².